The van der Waals surface area contributed by atoms with Gasteiger partial charge in [-0.1, -0.05) is 75.1 Å². The Hall–Kier alpha value is -2.10. The zero-order valence-corrected chi connectivity index (χ0v) is 18.5. The summed E-state index contributed by atoms with van der Waals surface area (Å²) in [5.74, 6) is -0.00897. The molecule has 0 bridgehead atoms. The molecule has 4 nitrogen and oxygen atoms in total. The number of esters is 2. The van der Waals surface area contributed by atoms with Crippen molar-refractivity contribution in [2.75, 3.05) is 6.61 Å². The second-order valence-electron chi connectivity index (χ2n) is 8.23. The fraction of sp³-hybridized carbons (Fsp3) is 0.615. The molecule has 0 aliphatic heterocycles. The summed E-state index contributed by atoms with van der Waals surface area (Å²) in [6.45, 7) is 2.66. The SMILES string of the molecule is CCCCCCCOC(=O)CCCC(=O)OC(CC1C=CCCC1)c1ccccc1. The first-order valence-electron chi connectivity index (χ1n) is 11.8. The Morgan fingerprint density at radius 1 is 1.00 bits per heavy atom. The molecule has 166 valence electrons. The van der Waals surface area contributed by atoms with Crippen LogP contribution in [0.4, 0.5) is 0 Å². The lowest BCUT2D eigenvalue weighted by Gasteiger charge is -2.24. The quantitative estimate of drug-likeness (QED) is 0.193. The third kappa shape index (κ3) is 10.1. The normalized spacial score (nSPS) is 16.8. The van der Waals surface area contributed by atoms with Crippen LogP contribution in [0.15, 0.2) is 42.5 Å². The predicted molar refractivity (Wildman–Crippen MR) is 120 cm³/mol. The van der Waals surface area contributed by atoms with Gasteiger partial charge in [-0.25, -0.2) is 0 Å². The van der Waals surface area contributed by atoms with E-state index >= 15 is 0 Å². The van der Waals surface area contributed by atoms with Gasteiger partial charge >= 0.3 is 11.9 Å². The molecule has 0 fully saturated rings. The summed E-state index contributed by atoms with van der Waals surface area (Å²) in [7, 11) is 0. The lowest BCUT2D eigenvalue weighted by Crippen LogP contribution is -2.16. The molecule has 0 N–H and O–H groups in total. The first kappa shape index (κ1) is 24.2. The van der Waals surface area contributed by atoms with Crippen LogP contribution in [0.3, 0.4) is 0 Å². The highest BCUT2D eigenvalue weighted by Crippen LogP contribution is 2.31. The summed E-state index contributed by atoms with van der Waals surface area (Å²) in [6, 6.07) is 9.96. The molecular formula is C26H38O4. The fourth-order valence-corrected chi connectivity index (χ4v) is 3.83. The number of ether oxygens (including phenoxy) is 2. The first-order valence-corrected chi connectivity index (χ1v) is 11.8. The molecule has 2 unspecified atom stereocenters. The van der Waals surface area contributed by atoms with E-state index in [4.69, 9.17) is 9.47 Å². The molecule has 1 aliphatic rings. The number of carbonyl (C=O) groups is 2. The van der Waals surface area contributed by atoms with Crippen molar-refractivity contribution < 1.29 is 19.1 Å². The molecule has 0 saturated carbocycles. The number of carbonyl (C=O) groups excluding carboxylic acids is 2. The largest absolute Gasteiger partial charge is 0.466 e. The summed E-state index contributed by atoms with van der Waals surface area (Å²) in [5.41, 5.74) is 1.03. The van der Waals surface area contributed by atoms with E-state index in [1.807, 2.05) is 30.3 Å². The maximum atomic E-state index is 12.4. The smallest absolute Gasteiger partial charge is 0.306 e. The van der Waals surface area contributed by atoms with Crippen LogP contribution >= 0.6 is 0 Å². The van der Waals surface area contributed by atoms with Gasteiger partial charge in [-0.3, -0.25) is 9.59 Å². The number of rotatable bonds is 14. The summed E-state index contributed by atoms with van der Waals surface area (Å²) in [6.07, 6.45) is 15.2. The fourth-order valence-electron chi connectivity index (χ4n) is 3.83. The van der Waals surface area contributed by atoms with E-state index in [-0.39, 0.29) is 30.9 Å². The van der Waals surface area contributed by atoms with Crippen LogP contribution in [0.5, 0.6) is 0 Å². The van der Waals surface area contributed by atoms with Crippen molar-refractivity contribution in [2.24, 2.45) is 5.92 Å². The average Bonchev–Trinajstić information content (AvgIpc) is 2.77. The summed E-state index contributed by atoms with van der Waals surface area (Å²) in [5, 5.41) is 0. The topological polar surface area (TPSA) is 52.6 Å². The first-order chi connectivity index (χ1) is 14.7. The van der Waals surface area contributed by atoms with Crippen LogP contribution in [0.1, 0.15) is 95.6 Å². The van der Waals surface area contributed by atoms with Crippen LogP contribution in [0, 0.1) is 5.92 Å². The minimum atomic E-state index is -0.240. The minimum absolute atomic E-state index is 0.217. The molecule has 2 rings (SSSR count). The Morgan fingerprint density at radius 2 is 1.77 bits per heavy atom. The Labute approximate surface area is 182 Å². The van der Waals surface area contributed by atoms with Crippen LogP contribution in [-0.2, 0) is 19.1 Å². The molecule has 1 aromatic rings. The highest BCUT2D eigenvalue weighted by atomic mass is 16.5. The monoisotopic (exact) mass is 414 g/mol. The molecule has 2 atom stereocenters. The second kappa shape index (κ2) is 14.8. The third-order valence-corrected chi connectivity index (χ3v) is 5.59. The van der Waals surface area contributed by atoms with Crippen LogP contribution in [0.25, 0.3) is 0 Å². The van der Waals surface area contributed by atoms with Gasteiger partial charge in [0.1, 0.15) is 6.10 Å². The van der Waals surface area contributed by atoms with Crippen molar-refractivity contribution in [1.29, 1.82) is 0 Å². The van der Waals surface area contributed by atoms with Gasteiger partial charge in [-0.2, -0.15) is 0 Å². The molecule has 1 aliphatic carbocycles. The summed E-state index contributed by atoms with van der Waals surface area (Å²) >= 11 is 0. The summed E-state index contributed by atoms with van der Waals surface area (Å²) in [4.78, 5) is 24.3. The number of allylic oxidation sites excluding steroid dienone is 2. The Bertz CT molecular complexity index is 638. The van der Waals surface area contributed by atoms with Crippen molar-refractivity contribution in [1.82, 2.24) is 0 Å². The third-order valence-electron chi connectivity index (χ3n) is 5.59. The van der Waals surface area contributed by atoms with Gasteiger partial charge in [0.05, 0.1) is 6.61 Å². The predicted octanol–water partition coefficient (Wildman–Crippen LogP) is 6.70. The van der Waals surface area contributed by atoms with Gasteiger partial charge in [0.15, 0.2) is 0 Å². The molecule has 0 saturated heterocycles. The van der Waals surface area contributed by atoms with E-state index in [1.54, 1.807) is 0 Å². The standard InChI is InChI=1S/C26H38O4/c1-2-3-4-5-12-20-29-25(27)18-13-19-26(28)30-24(23-16-10-7-11-17-23)21-22-14-8-6-9-15-22/h7-8,10-11,14,16-17,22,24H,2-6,9,12-13,15,18-21H2,1H3. The lowest BCUT2D eigenvalue weighted by molar-refractivity contribution is -0.150. The molecule has 4 heteroatoms. The van der Waals surface area contributed by atoms with Crippen LogP contribution in [0.2, 0.25) is 0 Å². The van der Waals surface area contributed by atoms with Crippen LogP contribution in [-0.4, -0.2) is 18.5 Å². The minimum Gasteiger partial charge on any atom is -0.466 e. The maximum absolute atomic E-state index is 12.4. The zero-order valence-electron chi connectivity index (χ0n) is 18.5. The van der Waals surface area contributed by atoms with Gasteiger partial charge in [-0.15, -0.1) is 0 Å². The molecule has 0 spiro atoms. The van der Waals surface area contributed by atoms with Crippen molar-refractivity contribution in [2.45, 2.75) is 90.1 Å². The lowest BCUT2D eigenvalue weighted by atomic mass is 9.89. The van der Waals surface area contributed by atoms with E-state index in [0.717, 1.165) is 37.7 Å². The molecule has 0 heterocycles. The van der Waals surface area contributed by atoms with Crippen molar-refractivity contribution >= 4 is 11.9 Å². The average molecular weight is 415 g/mol. The zero-order chi connectivity index (χ0) is 21.4. The van der Waals surface area contributed by atoms with E-state index in [2.05, 4.69) is 19.1 Å². The molecule has 30 heavy (non-hydrogen) atoms. The van der Waals surface area contributed by atoms with E-state index in [1.165, 1.54) is 25.7 Å². The van der Waals surface area contributed by atoms with E-state index in [9.17, 15) is 9.59 Å². The number of unbranched alkanes of at least 4 members (excludes halogenated alkanes) is 4. The van der Waals surface area contributed by atoms with Gasteiger partial charge in [-0.05, 0) is 50.0 Å². The van der Waals surface area contributed by atoms with Crippen molar-refractivity contribution in [3.63, 3.8) is 0 Å². The van der Waals surface area contributed by atoms with E-state index < -0.39 is 0 Å². The molecule has 0 radical (unpaired) electrons. The highest BCUT2D eigenvalue weighted by molar-refractivity contribution is 5.72. The molecular weight excluding hydrogens is 376 g/mol. The van der Waals surface area contributed by atoms with Gasteiger partial charge in [0, 0.05) is 12.8 Å². The van der Waals surface area contributed by atoms with Gasteiger partial charge in [0.2, 0.25) is 0 Å². The Morgan fingerprint density at radius 3 is 2.50 bits per heavy atom. The van der Waals surface area contributed by atoms with Gasteiger partial charge in [0.25, 0.3) is 0 Å². The Kier molecular flexibility index (Phi) is 11.9. The number of hydrogen-bond donors (Lipinski definition) is 0. The second-order valence-corrected chi connectivity index (χ2v) is 8.23. The molecule has 1 aromatic carbocycles. The van der Waals surface area contributed by atoms with E-state index in [0.29, 0.717) is 18.9 Å². The van der Waals surface area contributed by atoms with Crippen molar-refractivity contribution in [3.8, 4) is 0 Å². The summed E-state index contributed by atoms with van der Waals surface area (Å²) < 4.78 is 11.1. The van der Waals surface area contributed by atoms with Gasteiger partial charge < -0.3 is 9.47 Å². The molecule has 0 amide bonds. The Balaban J connectivity index is 1.70. The molecule has 0 aromatic heterocycles. The highest BCUT2D eigenvalue weighted by Gasteiger charge is 2.21. The number of hydrogen-bond acceptors (Lipinski definition) is 4. The maximum Gasteiger partial charge on any atom is 0.306 e. The van der Waals surface area contributed by atoms with Crippen LogP contribution < -0.4 is 0 Å². The number of benzene rings is 1. The van der Waals surface area contributed by atoms with Crippen molar-refractivity contribution in [3.05, 3.63) is 48.0 Å².